The number of rotatable bonds is 55. The van der Waals surface area contributed by atoms with Crippen LogP contribution in [0.3, 0.4) is 0 Å². The van der Waals surface area contributed by atoms with Gasteiger partial charge in [-0.3, -0.25) is 9.36 Å². The van der Waals surface area contributed by atoms with Crippen LogP contribution in [0.5, 0.6) is 0 Å². The van der Waals surface area contributed by atoms with Crippen molar-refractivity contribution in [3.63, 3.8) is 0 Å². The van der Waals surface area contributed by atoms with E-state index in [0.717, 1.165) is 44.9 Å². The predicted octanol–water partition coefficient (Wildman–Crippen LogP) is 17.7. The third-order valence-electron chi connectivity index (χ3n) is 13.5. The number of unbranched alkanes of at least 4 members (excludes halogenated alkanes) is 36. The Bertz CT molecular complexity index is 1280. The lowest BCUT2D eigenvalue weighted by atomic mass is 10.0. The molecule has 0 aliphatic carbocycles. The quantitative estimate of drug-likeness (QED) is 0.0272. The smallest absolute Gasteiger partial charge is 0.268 e. The monoisotopic (exact) mass is 1000 g/mol. The second kappa shape index (κ2) is 52.3. The number of aliphatic hydroxyl groups excluding tert-OH is 1. The molecule has 1 amide bonds. The molecule has 0 radical (unpaired) electrons. The molecule has 0 aromatic heterocycles. The first kappa shape index (κ1) is 68.5. The minimum Gasteiger partial charge on any atom is -0.756 e. The summed E-state index contributed by atoms with van der Waals surface area (Å²) in [4.78, 5) is 25.3. The fraction of sp³-hybridized carbons (Fsp3) is 0.852. The van der Waals surface area contributed by atoms with E-state index < -0.39 is 26.6 Å². The topological polar surface area (TPSA) is 108 Å². The molecule has 0 aliphatic rings. The molecule has 70 heavy (non-hydrogen) atoms. The van der Waals surface area contributed by atoms with Crippen molar-refractivity contribution in [2.45, 2.75) is 296 Å². The van der Waals surface area contributed by atoms with Crippen molar-refractivity contribution in [1.82, 2.24) is 5.32 Å². The maximum absolute atomic E-state index is 12.9. The summed E-state index contributed by atoms with van der Waals surface area (Å²) in [6.45, 7) is 4.58. The number of amides is 1. The largest absolute Gasteiger partial charge is 0.756 e. The fourth-order valence-electron chi connectivity index (χ4n) is 8.79. The van der Waals surface area contributed by atoms with Crippen molar-refractivity contribution >= 4 is 13.7 Å². The van der Waals surface area contributed by atoms with Crippen molar-refractivity contribution in [1.29, 1.82) is 0 Å². The normalized spacial score (nSPS) is 14.2. The second-order valence-corrected chi connectivity index (χ2v) is 23.1. The average molecular weight is 1010 g/mol. The SMILES string of the molecule is CCCCC/C=C/CC/C=C/C(O)C(COP(=O)([O-])OCC[N+](C)(C)C)NC(=O)CCCCCCCCCCCCCCCCCCCCCCCCCCCCC/C=C\C/C=C\CCCCCCC. The zero-order valence-electron chi connectivity index (χ0n) is 47.0. The van der Waals surface area contributed by atoms with Crippen molar-refractivity contribution in [3.8, 4) is 0 Å². The van der Waals surface area contributed by atoms with Gasteiger partial charge in [0.05, 0.1) is 39.9 Å². The zero-order valence-corrected chi connectivity index (χ0v) is 47.9. The highest BCUT2D eigenvalue weighted by atomic mass is 31.2. The number of hydrogen-bond donors (Lipinski definition) is 2. The van der Waals surface area contributed by atoms with Crippen LogP contribution in [0.4, 0.5) is 0 Å². The van der Waals surface area contributed by atoms with Gasteiger partial charge in [-0.2, -0.15) is 0 Å². The van der Waals surface area contributed by atoms with Gasteiger partial charge >= 0.3 is 0 Å². The molecule has 0 rings (SSSR count). The minimum absolute atomic E-state index is 0.00571. The fourth-order valence-corrected chi connectivity index (χ4v) is 9.51. The number of nitrogens with zero attached hydrogens (tertiary/aromatic N) is 1. The Morgan fingerprint density at radius 3 is 1.27 bits per heavy atom. The molecule has 0 spiro atoms. The first-order valence-corrected chi connectivity index (χ1v) is 31.5. The Balaban J connectivity index is 3.79. The number of carbonyl (C=O) groups excluding carboxylic acids is 1. The Kier molecular flexibility index (Phi) is 51.2. The van der Waals surface area contributed by atoms with Gasteiger partial charge in [-0.15, -0.1) is 0 Å². The number of phosphoric ester groups is 1. The van der Waals surface area contributed by atoms with E-state index in [1.54, 1.807) is 6.08 Å². The van der Waals surface area contributed by atoms with Crippen LogP contribution in [-0.4, -0.2) is 68.5 Å². The number of nitrogens with one attached hydrogen (secondary N) is 1. The van der Waals surface area contributed by atoms with Gasteiger partial charge in [0, 0.05) is 6.42 Å². The number of likely N-dealkylation sites (N-methyl/N-ethyl adjacent to an activating group) is 1. The first-order valence-electron chi connectivity index (χ1n) is 30.0. The van der Waals surface area contributed by atoms with Crippen LogP contribution in [0.15, 0.2) is 48.6 Å². The van der Waals surface area contributed by atoms with Gasteiger partial charge in [-0.1, -0.05) is 262 Å². The number of phosphoric acid groups is 1. The molecule has 0 fully saturated rings. The Hall–Kier alpha value is -1.54. The average Bonchev–Trinajstić information content (AvgIpc) is 3.32. The molecular weight excluding hydrogens is 888 g/mol. The number of quaternary nitrogens is 1. The highest BCUT2D eigenvalue weighted by Gasteiger charge is 2.23. The van der Waals surface area contributed by atoms with Gasteiger partial charge < -0.3 is 28.8 Å². The summed E-state index contributed by atoms with van der Waals surface area (Å²) in [6.07, 6.45) is 69.7. The lowest BCUT2D eigenvalue weighted by molar-refractivity contribution is -0.870. The molecule has 0 heterocycles. The van der Waals surface area contributed by atoms with Crippen LogP contribution in [0.1, 0.15) is 284 Å². The third kappa shape index (κ3) is 54.2. The summed E-state index contributed by atoms with van der Waals surface area (Å²) in [5.41, 5.74) is 0. The van der Waals surface area contributed by atoms with E-state index in [-0.39, 0.29) is 12.5 Å². The molecule has 412 valence electrons. The van der Waals surface area contributed by atoms with Gasteiger partial charge in [0.2, 0.25) is 5.91 Å². The van der Waals surface area contributed by atoms with Crippen LogP contribution in [-0.2, 0) is 18.4 Å². The van der Waals surface area contributed by atoms with Gasteiger partial charge in [-0.25, -0.2) is 0 Å². The predicted molar refractivity (Wildman–Crippen MR) is 302 cm³/mol. The van der Waals surface area contributed by atoms with E-state index in [4.69, 9.17) is 9.05 Å². The summed E-state index contributed by atoms with van der Waals surface area (Å²) < 4.78 is 23.2. The Labute approximate surface area is 435 Å². The molecule has 0 aromatic carbocycles. The molecule has 0 aliphatic heterocycles. The lowest BCUT2D eigenvalue weighted by Crippen LogP contribution is -2.45. The van der Waals surface area contributed by atoms with E-state index in [2.05, 4.69) is 55.6 Å². The molecule has 0 saturated heterocycles. The standard InChI is InChI=1S/C61H117N2O6P/c1-6-8-10-12-14-16-17-18-19-20-21-22-23-24-25-26-27-28-29-30-31-32-33-34-35-36-37-38-39-40-41-42-43-44-45-47-49-51-53-55-61(65)62-59(58-69-70(66,67)68-57-56-63(3,4)5)60(64)54-52-50-48-46-15-13-11-9-7-2/h15,17-18,20-21,46,52,54,59-60,64H,6-14,16,19,22-45,47-51,53,55-58H2,1-5H3,(H-,62,65,66,67)/b18-17-,21-20-,46-15+,54-52+. The highest BCUT2D eigenvalue weighted by Crippen LogP contribution is 2.38. The number of hydrogen-bond acceptors (Lipinski definition) is 6. The van der Waals surface area contributed by atoms with Gasteiger partial charge in [0.15, 0.2) is 0 Å². The van der Waals surface area contributed by atoms with Gasteiger partial charge in [-0.05, 0) is 64.2 Å². The maximum Gasteiger partial charge on any atom is 0.268 e. The molecule has 2 N–H and O–H groups in total. The molecular formula is C61H117N2O6P. The Morgan fingerprint density at radius 1 is 0.500 bits per heavy atom. The van der Waals surface area contributed by atoms with Gasteiger partial charge in [0.25, 0.3) is 7.82 Å². The van der Waals surface area contributed by atoms with Crippen LogP contribution >= 0.6 is 7.82 Å². The maximum atomic E-state index is 12.9. The molecule has 0 saturated carbocycles. The lowest BCUT2D eigenvalue weighted by Gasteiger charge is -2.29. The molecule has 0 aromatic rings. The zero-order chi connectivity index (χ0) is 51.3. The molecule has 0 bridgehead atoms. The van der Waals surface area contributed by atoms with Crippen LogP contribution in [0, 0.1) is 0 Å². The number of allylic oxidation sites excluding steroid dienone is 7. The molecule has 3 unspecified atom stereocenters. The van der Waals surface area contributed by atoms with Crippen LogP contribution < -0.4 is 10.2 Å². The van der Waals surface area contributed by atoms with Crippen molar-refractivity contribution < 1.29 is 32.9 Å². The summed E-state index contributed by atoms with van der Waals surface area (Å²) in [7, 11) is 1.25. The van der Waals surface area contributed by atoms with Crippen molar-refractivity contribution in [2.75, 3.05) is 40.9 Å². The third-order valence-corrected chi connectivity index (χ3v) is 14.5. The van der Waals surface area contributed by atoms with Crippen molar-refractivity contribution in [2.24, 2.45) is 0 Å². The second-order valence-electron chi connectivity index (χ2n) is 21.7. The van der Waals surface area contributed by atoms with E-state index >= 15 is 0 Å². The summed E-state index contributed by atoms with van der Waals surface area (Å²) in [5, 5.41) is 13.7. The first-order chi connectivity index (χ1) is 34.0. The molecule has 3 atom stereocenters. The molecule has 8 nitrogen and oxygen atoms in total. The van der Waals surface area contributed by atoms with E-state index in [0.29, 0.717) is 17.4 Å². The summed E-state index contributed by atoms with van der Waals surface area (Å²) >= 11 is 0. The van der Waals surface area contributed by atoms with Crippen LogP contribution in [0.25, 0.3) is 0 Å². The van der Waals surface area contributed by atoms with Gasteiger partial charge in [0.1, 0.15) is 13.2 Å². The minimum atomic E-state index is -4.59. The Morgan fingerprint density at radius 2 is 0.843 bits per heavy atom. The van der Waals surface area contributed by atoms with E-state index in [1.165, 1.54) is 218 Å². The van der Waals surface area contributed by atoms with Crippen molar-refractivity contribution in [3.05, 3.63) is 48.6 Å². The number of aliphatic hydroxyl groups is 1. The number of carbonyl (C=O) groups is 1. The highest BCUT2D eigenvalue weighted by molar-refractivity contribution is 7.45. The van der Waals surface area contributed by atoms with Crippen LogP contribution in [0.2, 0.25) is 0 Å². The van der Waals surface area contributed by atoms with E-state index in [1.807, 2.05) is 27.2 Å². The van der Waals surface area contributed by atoms with E-state index in [9.17, 15) is 19.4 Å². The summed E-state index contributed by atoms with van der Waals surface area (Å²) in [5.74, 6) is -0.206. The molecule has 9 heteroatoms. The summed E-state index contributed by atoms with van der Waals surface area (Å²) in [6, 6.07) is -0.900.